The van der Waals surface area contributed by atoms with Gasteiger partial charge in [-0.1, -0.05) is 35.3 Å². The highest BCUT2D eigenvalue weighted by Gasteiger charge is 2.17. The van der Waals surface area contributed by atoms with Crippen LogP contribution in [0.15, 0.2) is 36.4 Å². The topological polar surface area (TPSA) is 73.9 Å². The highest BCUT2D eigenvalue weighted by molar-refractivity contribution is 6.33. The van der Waals surface area contributed by atoms with E-state index in [2.05, 4.69) is 5.32 Å². The summed E-state index contributed by atoms with van der Waals surface area (Å²) in [4.78, 5) is 24.1. The van der Waals surface area contributed by atoms with E-state index in [0.717, 1.165) is 0 Å². The van der Waals surface area contributed by atoms with Crippen molar-refractivity contribution in [2.24, 2.45) is 0 Å². The number of ether oxygens (including phenoxy) is 3. The SMILES string of the molecule is CCOc1c(Cl)cc(C(=O)OCC(=O)Nc2ccccc2Cl)cc1OC. The highest BCUT2D eigenvalue weighted by Crippen LogP contribution is 2.36. The Morgan fingerprint density at radius 2 is 1.85 bits per heavy atom. The van der Waals surface area contributed by atoms with Crippen LogP contribution in [0.4, 0.5) is 5.69 Å². The van der Waals surface area contributed by atoms with Gasteiger partial charge in [-0.15, -0.1) is 0 Å². The zero-order chi connectivity index (χ0) is 19.1. The summed E-state index contributed by atoms with van der Waals surface area (Å²) in [5.41, 5.74) is 0.571. The Morgan fingerprint density at radius 3 is 2.50 bits per heavy atom. The van der Waals surface area contributed by atoms with Gasteiger partial charge in [0.1, 0.15) is 0 Å². The van der Waals surface area contributed by atoms with E-state index >= 15 is 0 Å². The van der Waals surface area contributed by atoms with Gasteiger partial charge < -0.3 is 19.5 Å². The molecule has 0 radical (unpaired) electrons. The number of methoxy groups -OCH3 is 1. The third-order valence-corrected chi connectivity index (χ3v) is 3.85. The largest absolute Gasteiger partial charge is 0.493 e. The fourth-order valence-corrected chi connectivity index (χ4v) is 2.53. The van der Waals surface area contributed by atoms with Gasteiger partial charge >= 0.3 is 5.97 Å². The van der Waals surface area contributed by atoms with Crippen molar-refractivity contribution >= 4 is 40.8 Å². The summed E-state index contributed by atoms with van der Waals surface area (Å²) in [5, 5.41) is 3.15. The van der Waals surface area contributed by atoms with E-state index in [9.17, 15) is 9.59 Å². The number of para-hydroxylation sites is 1. The number of esters is 1. The molecule has 0 unspecified atom stereocenters. The molecule has 0 bridgehead atoms. The van der Waals surface area contributed by atoms with E-state index in [0.29, 0.717) is 28.8 Å². The van der Waals surface area contributed by atoms with Crippen molar-refractivity contribution in [3.63, 3.8) is 0 Å². The number of nitrogens with one attached hydrogen (secondary N) is 1. The second-order valence-electron chi connectivity index (χ2n) is 5.03. The Morgan fingerprint density at radius 1 is 1.12 bits per heavy atom. The second-order valence-corrected chi connectivity index (χ2v) is 5.84. The van der Waals surface area contributed by atoms with E-state index in [1.807, 2.05) is 0 Å². The predicted octanol–water partition coefficient (Wildman–Crippen LogP) is 4.20. The van der Waals surface area contributed by atoms with Crippen molar-refractivity contribution in [3.05, 3.63) is 52.0 Å². The molecular weight excluding hydrogens is 381 g/mol. The lowest BCUT2D eigenvalue weighted by atomic mass is 10.2. The number of benzene rings is 2. The van der Waals surface area contributed by atoms with Crippen molar-refractivity contribution in [2.75, 3.05) is 25.6 Å². The van der Waals surface area contributed by atoms with E-state index < -0.39 is 18.5 Å². The first-order chi connectivity index (χ1) is 12.5. The molecule has 0 saturated carbocycles. The lowest BCUT2D eigenvalue weighted by molar-refractivity contribution is -0.119. The first-order valence-electron chi connectivity index (χ1n) is 7.68. The Hall–Kier alpha value is -2.44. The maximum Gasteiger partial charge on any atom is 0.338 e. The molecule has 26 heavy (non-hydrogen) atoms. The van der Waals surface area contributed by atoms with E-state index in [1.165, 1.54) is 19.2 Å². The van der Waals surface area contributed by atoms with Gasteiger partial charge in [-0.25, -0.2) is 4.79 Å². The molecule has 2 aromatic rings. The molecule has 0 aliphatic heterocycles. The number of carbonyl (C=O) groups is 2. The molecule has 8 heteroatoms. The average molecular weight is 398 g/mol. The highest BCUT2D eigenvalue weighted by atomic mass is 35.5. The molecule has 0 heterocycles. The van der Waals surface area contributed by atoms with E-state index in [4.69, 9.17) is 37.4 Å². The summed E-state index contributed by atoms with van der Waals surface area (Å²) in [7, 11) is 1.43. The molecule has 138 valence electrons. The van der Waals surface area contributed by atoms with Crippen LogP contribution in [-0.2, 0) is 9.53 Å². The minimum absolute atomic E-state index is 0.140. The first kappa shape index (κ1) is 19.9. The summed E-state index contributed by atoms with van der Waals surface area (Å²) < 4.78 is 15.6. The van der Waals surface area contributed by atoms with Crippen LogP contribution in [0, 0.1) is 0 Å². The molecule has 0 atom stereocenters. The number of anilines is 1. The minimum atomic E-state index is -0.720. The van der Waals surface area contributed by atoms with Gasteiger partial charge in [0, 0.05) is 0 Å². The number of hydrogen-bond donors (Lipinski definition) is 1. The van der Waals surface area contributed by atoms with Crippen LogP contribution in [0.2, 0.25) is 10.0 Å². The first-order valence-corrected chi connectivity index (χ1v) is 8.43. The van der Waals surface area contributed by atoms with Gasteiger partial charge in [0.25, 0.3) is 5.91 Å². The second kappa shape index (κ2) is 9.31. The molecule has 0 saturated heterocycles. The molecule has 1 amide bonds. The van der Waals surface area contributed by atoms with Gasteiger partial charge in [0.2, 0.25) is 0 Å². The molecule has 0 spiro atoms. The Labute approximate surface area is 160 Å². The van der Waals surface area contributed by atoms with Crippen LogP contribution >= 0.6 is 23.2 Å². The van der Waals surface area contributed by atoms with Crippen molar-refractivity contribution in [2.45, 2.75) is 6.92 Å². The predicted molar refractivity (Wildman–Crippen MR) is 99.5 cm³/mol. The Balaban J connectivity index is 2.02. The van der Waals surface area contributed by atoms with Crippen molar-refractivity contribution in [1.82, 2.24) is 0 Å². The molecule has 1 N–H and O–H groups in total. The van der Waals surface area contributed by atoms with Crippen LogP contribution in [0.5, 0.6) is 11.5 Å². The fourth-order valence-electron chi connectivity index (χ4n) is 2.09. The van der Waals surface area contributed by atoms with Crippen molar-refractivity contribution < 1.29 is 23.8 Å². The summed E-state index contributed by atoms with van der Waals surface area (Å²) in [6.07, 6.45) is 0. The number of rotatable bonds is 7. The van der Waals surface area contributed by atoms with Crippen LogP contribution in [0.25, 0.3) is 0 Å². The lowest BCUT2D eigenvalue weighted by Gasteiger charge is -2.13. The molecule has 0 aliphatic rings. The zero-order valence-corrected chi connectivity index (χ0v) is 15.7. The molecule has 0 aliphatic carbocycles. The molecule has 0 fully saturated rings. The van der Waals surface area contributed by atoms with Crippen LogP contribution < -0.4 is 14.8 Å². The van der Waals surface area contributed by atoms with Gasteiger partial charge in [0.05, 0.1) is 35.0 Å². The number of amides is 1. The quantitative estimate of drug-likeness (QED) is 0.708. The van der Waals surface area contributed by atoms with Gasteiger partial charge in [-0.2, -0.15) is 0 Å². The number of carbonyl (C=O) groups excluding carboxylic acids is 2. The molecular formula is C18H17Cl2NO5. The van der Waals surface area contributed by atoms with Gasteiger partial charge in [-0.3, -0.25) is 4.79 Å². The fraction of sp³-hybridized carbons (Fsp3) is 0.222. The van der Waals surface area contributed by atoms with Crippen LogP contribution in [0.3, 0.4) is 0 Å². The Bertz CT molecular complexity index is 810. The summed E-state index contributed by atoms with van der Waals surface area (Å²) >= 11 is 12.1. The van der Waals surface area contributed by atoms with Crippen LogP contribution in [-0.4, -0.2) is 32.2 Å². The van der Waals surface area contributed by atoms with Crippen molar-refractivity contribution in [1.29, 1.82) is 0 Å². The van der Waals surface area contributed by atoms with Crippen molar-refractivity contribution in [3.8, 4) is 11.5 Å². The lowest BCUT2D eigenvalue weighted by Crippen LogP contribution is -2.21. The summed E-state index contributed by atoms with van der Waals surface area (Å²) in [5.74, 6) is -0.602. The average Bonchev–Trinajstić information content (AvgIpc) is 2.63. The third-order valence-electron chi connectivity index (χ3n) is 3.24. The molecule has 2 rings (SSSR count). The standard InChI is InChI=1S/C18H17Cl2NO5/c1-3-25-17-13(20)8-11(9-15(17)24-2)18(23)26-10-16(22)21-14-7-5-4-6-12(14)19/h4-9H,3,10H2,1-2H3,(H,21,22). The Kier molecular flexibility index (Phi) is 7.12. The zero-order valence-electron chi connectivity index (χ0n) is 14.2. The summed E-state index contributed by atoms with van der Waals surface area (Å²) in [6.45, 7) is 1.72. The molecule has 6 nitrogen and oxygen atoms in total. The van der Waals surface area contributed by atoms with Gasteiger partial charge in [0.15, 0.2) is 18.1 Å². The minimum Gasteiger partial charge on any atom is -0.493 e. The summed E-state index contributed by atoms with van der Waals surface area (Å²) in [6, 6.07) is 9.56. The normalized spacial score (nSPS) is 10.2. The maximum atomic E-state index is 12.2. The smallest absolute Gasteiger partial charge is 0.338 e. The maximum absolute atomic E-state index is 12.2. The van der Waals surface area contributed by atoms with E-state index in [-0.39, 0.29) is 10.6 Å². The monoisotopic (exact) mass is 397 g/mol. The molecule has 2 aromatic carbocycles. The van der Waals surface area contributed by atoms with Crippen LogP contribution in [0.1, 0.15) is 17.3 Å². The molecule has 0 aromatic heterocycles. The van der Waals surface area contributed by atoms with E-state index in [1.54, 1.807) is 31.2 Å². The van der Waals surface area contributed by atoms with Gasteiger partial charge in [-0.05, 0) is 31.2 Å². The number of hydrogen-bond acceptors (Lipinski definition) is 5. The number of halogens is 2. The third kappa shape index (κ3) is 5.03.